The number of rotatable bonds is 3. The van der Waals surface area contributed by atoms with Gasteiger partial charge in [-0.05, 0) is 24.3 Å². The van der Waals surface area contributed by atoms with Crippen molar-refractivity contribution in [3.8, 4) is 6.07 Å². The predicted octanol–water partition coefficient (Wildman–Crippen LogP) is 2.74. The molecule has 1 aromatic carbocycles. The highest BCUT2D eigenvalue weighted by molar-refractivity contribution is 5.94. The third kappa shape index (κ3) is 3.41. The van der Waals surface area contributed by atoms with E-state index in [0.717, 1.165) is 0 Å². The highest BCUT2D eigenvalue weighted by Crippen LogP contribution is 2.26. The molecule has 0 radical (unpaired) electrons. The second-order valence-electron chi connectivity index (χ2n) is 5.64. The fraction of sp³-hybridized carbons (Fsp3) is 0.267. The largest absolute Gasteiger partial charge is 0.422 e. The maximum absolute atomic E-state index is 12.8. The molecule has 0 saturated carbocycles. The topological polar surface area (TPSA) is 91.0 Å². The number of nitrogens with zero attached hydrogens (tertiary/aromatic N) is 2. The van der Waals surface area contributed by atoms with Gasteiger partial charge in [0, 0.05) is 11.0 Å². The van der Waals surface area contributed by atoms with E-state index in [9.17, 15) is 9.18 Å². The van der Waals surface area contributed by atoms with E-state index in [4.69, 9.17) is 9.68 Å². The van der Waals surface area contributed by atoms with E-state index < -0.39 is 11.7 Å². The average molecular weight is 302 g/mol. The van der Waals surface area contributed by atoms with Crippen LogP contribution >= 0.6 is 0 Å². The molecule has 0 spiro atoms. The lowest BCUT2D eigenvalue weighted by Crippen LogP contribution is -2.29. The van der Waals surface area contributed by atoms with Crippen LogP contribution in [-0.4, -0.2) is 10.9 Å². The fourth-order valence-corrected chi connectivity index (χ4v) is 1.59. The molecule has 0 aliphatic heterocycles. The second-order valence-corrected chi connectivity index (χ2v) is 5.64. The summed E-state index contributed by atoms with van der Waals surface area (Å²) >= 11 is 0. The zero-order valence-electron chi connectivity index (χ0n) is 12.4. The highest BCUT2D eigenvalue weighted by Gasteiger charge is 2.24. The molecule has 0 fully saturated rings. The first kappa shape index (κ1) is 15.5. The van der Waals surface area contributed by atoms with Crippen LogP contribution in [0.2, 0.25) is 0 Å². The van der Waals surface area contributed by atoms with E-state index in [1.807, 2.05) is 26.8 Å². The molecule has 6 nitrogen and oxygen atoms in total. The second kappa shape index (κ2) is 5.85. The number of halogens is 1. The van der Waals surface area contributed by atoms with Crippen molar-refractivity contribution in [2.75, 3.05) is 5.43 Å². The summed E-state index contributed by atoms with van der Waals surface area (Å²) in [6.45, 7) is 5.67. The van der Waals surface area contributed by atoms with E-state index >= 15 is 0 Å². The molecule has 114 valence electrons. The molecule has 2 aromatic rings. The number of hydrazine groups is 1. The van der Waals surface area contributed by atoms with E-state index in [0.29, 0.717) is 5.89 Å². The van der Waals surface area contributed by atoms with E-state index in [1.165, 1.54) is 24.3 Å². The van der Waals surface area contributed by atoms with Crippen LogP contribution in [0.4, 0.5) is 10.3 Å². The Morgan fingerprint density at radius 3 is 2.50 bits per heavy atom. The standard InChI is InChI=1S/C15H15FN4O2/c1-15(2,3)14-18-11(8-17)13(22-14)20-19-12(21)9-4-6-10(16)7-5-9/h4-7,20H,1-3H3,(H,19,21). The average Bonchev–Trinajstić information content (AvgIpc) is 2.89. The molecule has 0 saturated heterocycles. The molecule has 0 atom stereocenters. The number of hydrogen-bond donors (Lipinski definition) is 2. The molecule has 0 unspecified atom stereocenters. The Morgan fingerprint density at radius 2 is 1.95 bits per heavy atom. The van der Waals surface area contributed by atoms with Gasteiger partial charge >= 0.3 is 0 Å². The van der Waals surface area contributed by atoms with Crippen molar-refractivity contribution in [3.05, 3.63) is 47.2 Å². The summed E-state index contributed by atoms with van der Waals surface area (Å²) < 4.78 is 18.3. The molecule has 7 heteroatoms. The minimum absolute atomic E-state index is 0.0457. The zero-order valence-corrected chi connectivity index (χ0v) is 12.4. The number of nitriles is 1. The fourth-order valence-electron chi connectivity index (χ4n) is 1.59. The molecular formula is C15H15FN4O2. The number of aromatic nitrogens is 1. The number of hydrogen-bond acceptors (Lipinski definition) is 5. The molecule has 22 heavy (non-hydrogen) atoms. The molecule has 1 amide bonds. The van der Waals surface area contributed by atoms with Crippen LogP contribution in [0.1, 0.15) is 42.7 Å². The van der Waals surface area contributed by atoms with E-state index in [1.54, 1.807) is 0 Å². The summed E-state index contributed by atoms with van der Waals surface area (Å²) in [5.41, 5.74) is 4.85. The van der Waals surface area contributed by atoms with Crippen LogP contribution in [0.3, 0.4) is 0 Å². The van der Waals surface area contributed by atoms with Crippen molar-refractivity contribution in [1.29, 1.82) is 5.26 Å². The predicted molar refractivity (Wildman–Crippen MR) is 77.4 cm³/mol. The van der Waals surface area contributed by atoms with Crippen molar-refractivity contribution in [2.45, 2.75) is 26.2 Å². The summed E-state index contributed by atoms with van der Waals surface area (Å²) in [7, 11) is 0. The van der Waals surface area contributed by atoms with E-state index in [2.05, 4.69) is 15.8 Å². The van der Waals surface area contributed by atoms with Gasteiger partial charge in [-0.15, -0.1) is 0 Å². The smallest absolute Gasteiger partial charge is 0.269 e. The third-order valence-corrected chi connectivity index (χ3v) is 2.77. The molecule has 0 aliphatic rings. The maximum Gasteiger partial charge on any atom is 0.269 e. The summed E-state index contributed by atoms with van der Waals surface area (Å²) in [5.74, 6) is -0.482. The molecule has 0 bridgehead atoms. The lowest BCUT2D eigenvalue weighted by molar-refractivity contribution is 0.0961. The van der Waals surface area contributed by atoms with Gasteiger partial charge in [-0.25, -0.2) is 4.39 Å². The third-order valence-electron chi connectivity index (χ3n) is 2.77. The Hall–Kier alpha value is -2.88. The van der Waals surface area contributed by atoms with Gasteiger partial charge in [0.25, 0.3) is 11.8 Å². The monoisotopic (exact) mass is 302 g/mol. The Balaban J connectivity index is 2.11. The summed E-state index contributed by atoms with van der Waals surface area (Å²) in [6, 6.07) is 6.95. The number of nitrogens with one attached hydrogen (secondary N) is 2. The van der Waals surface area contributed by atoms with Gasteiger partial charge in [-0.2, -0.15) is 10.2 Å². The van der Waals surface area contributed by atoms with E-state index in [-0.39, 0.29) is 22.6 Å². The molecule has 2 rings (SSSR count). The van der Waals surface area contributed by atoms with Crippen molar-refractivity contribution < 1.29 is 13.6 Å². The van der Waals surface area contributed by atoms with Gasteiger partial charge in [0.1, 0.15) is 11.9 Å². The van der Waals surface area contributed by atoms with Gasteiger partial charge in [0.2, 0.25) is 11.6 Å². The normalized spacial score (nSPS) is 10.9. The van der Waals surface area contributed by atoms with Gasteiger partial charge in [0.15, 0.2) is 0 Å². The van der Waals surface area contributed by atoms with Crippen LogP contribution in [0.15, 0.2) is 28.7 Å². The Labute approximate surface area is 126 Å². The number of benzene rings is 1. The number of oxazole rings is 1. The first-order valence-corrected chi connectivity index (χ1v) is 6.54. The number of carbonyl (C=O) groups excluding carboxylic acids is 1. The van der Waals surface area contributed by atoms with Crippen molar-refractivity contribution >= 4 is 11.8 Å². The van der Waals surface area contributed by atoms with Gasteiger partial charge in [-0.1, -0.05) is 20.8 Å². The maximum atomic E-state index is 12.8. The molecule has 1 heterocycles. The minimum Gasteiger partial charge on any atom is -0.422 e. The first-order valence-electron chi connectivity index (χ1n) is 6.54. The van der Waals surface area contributed by atoms with Crippen LogP contribution in [0.5, 0.6) is 0 Å². The molecule has 2 N–H and O–H groups in total. The summed E-state index contributed by atoms with van der Waals surface area (Å²) in [6.07, 6.45) is 0. The lowest BCUT2D eigenvalue weighted by Gasteiger charge is -2.12. The highest BCUT2D eigenvalue weighted by atomic mass is 19.1. The van der Waals surface area contributed by atoms with Gasteiger partial charge < -0.3 is 4.42 Å². The Morgan fingerprint density at radius 1 is 1.32 bits per heavy atom. The zero-order chi connectivity index (χ0) is 16.3. The van der Waals surface area contributed by atoms with Crippen molar-refractivity contribution in [3.63, 3.8) is 0 Å². The number of anilines is 1. The summed E-state index contributed by atoms with van der Waals surface area (Å²) in [5, 5.41) is 9.04. The number of amides is 1. The molecular weight excluding hydrogens is 287 g/mol. The number of carbonyl (C=O) groups is 1. The van der Waals surface area contributed by atoms with Gasteiger partial charge in [0.05, 0.1) is 0 Å². The first-order chi connectivity index (χ1) is 10.3. The Kier molecular flexibility index (Phi) is 4.13. The van der Waals surface area contributed by atoms with Crippen LogP contribution in [-0.2, 0) is 5.41 Å². The quantitative estimate of drug-likeness (QED) is 0.851. The van der Waals surface area contributed by atoms with Crippen molar-refractivity contribution in [1.82, 2.24) is 10.4 Å². The van der Waals surface area contributed by atoms with Gasteiger partial charge in [-0.3, -0.25) is 15.6 Å². The summed E-state index contributed by atoms with van der Waals surface area (Å²) in [4.78, 5) is 16.0. The van der Waals surface area contributed by atoms with Crippen LogP contribution < -0.4 is 10.9 Å². The molecule has 0 aliphatic carbocycles. The van der Waals surface area contributed by atoms with Crippen molar-refractivity contribution in [2.24, 2.45) is 0 Å². The lowest BCUT2D eigenvalue weighted by atomic mass is 9.97. The SMILES string of the molecule is CC(C)(C)c1nc(C#N)c(NNC(=O)c2ccc(F)cc2)o1. The molecule has 1 aromatic heterocycles. The Bertz CT molecular complexity index is 723. The minimum atomic E-state index is -0.488. The van der Waals surface area contributed by atoms with Crippen LogP contribution in [0, 0.1) is 17.1 Å². The van der Waals surface area contributed by atoms with Crippen LogP contribution in [0.25, 0.3) is 0 Å².